The number of hydrogen-bond donors (Lipinski definition) is 1. The Labute approximate surface area is 221 Å². The van der Waals surface area contributed by atoms with E-state index < -0.39 is 36.2 Å². The highest BCUT2D eigenvalue weighted by Crippen LogP contribution is 2.41. The molecule has 39 heavy (non-hydrogen) atoms. The summed E-state index contributed by atoms with van der Waals surface area (Å²) in [7, 11) is 1.53. The third-order valence-corrected chi connectivity index (χ3v) is 7.66. The van der Waals surface area contributed by atoms with Crippen LogP contribution >= 0.6 is 0 Å². The summed E-state index contributed by atoms with van der Waals surface area (Å²) in [5.74, 6) is -1.76. The Balaban J connectivity index is 1.48. The van der Waals surface area contributed by atoms with Gasteiger partial charge in [0.05, 0.1) is 24.4 Å². The Morgan fingerprint density at radius 1 is 1.10 bits per heavy atom. The normalized spacial score (nSPS) is 17.7. The molecule has 2 aliphatic rings. The second kappa shape index (κ2) is 9.65. The Morgan fingerprint density at radius 2 is 1.85 bits per heavy atom. The first-order valence-corrected chi connectivity index (χ1v) is 12.5. The van der Waals surface area contributed by atoms with E-state index in [0.717, 1.165) is 25.3 Å². The van der Waals surface area contributed by atoms with Gasteiger partial charge in [0.25, 0.3) is 5.91 Å². The number of carbonyl (C=O) groups is 1. The van der Waals surface area contributed by atoms with E-state index in [2.05, 4.69) is 15.5 Å². The van der Waals surface area contributed by atoms with Gasteiger partial charge in [0.15, 0.2) is 0 Å². The summed E-state index contributed by atoms with van der Waals surface area (Å²) in [6.07, 6.45) is -6.22. The number of halogens is 6. The standard InChI is InChI=1S/C27H27F6N5O/c1-25(7-4-8-25)34-13-16-9-19-21(22(10-16)27(31,32)33)14-38(24(19)39)18-6-3-5-17(11-18)20(12-26(28,29)30)23-36-35-15-37(23)2/h3,5-6,9-11,15,20,34H,4,7-8,12-14H2,1-2H3/t20-/m0/s1. The van der Waals surface area contributed by atoms with Gasteiger partial charge in [-0.05, 0) is 67.1 Å². The van der Waals surface area contributed by atoms with Crippen molar-refractivity contribution in [1.82, 2.24) is 20.1 Å². The third-order valence-electron chi connectivity index (χ3n) is 7.66. The molecule has 2 heterocycles. The first-order valence-electron chi connectivity index (χ1n) is 12.5. The second-order valence-corrected chi connectivity index (χ2v) is 10.6. The monoisotopic (exact) mass is 551 g/mol. The largest absolute Gasteiger partial charge is 0.416 e. The molecule has 0 saturated heterocycles. The smallest absolute Gasteiger partial charge is 0.320 e. The zero-order chi connectivity index (χ0) is 28.2. The minimum Gasteiger partial charge on any atom is -0.320 e. The quantitative estimate of drug-likeness (QED) is 0.360. The number of nitrogens with one attached hydrogen (secondary N) is 1. The number of alkyl halides is 6. The SMILES string of the molecule is Cn1cnnc1[C@@H](CC(F)(F)F)c1cccc(N2Cc3c(cc(CNC4(C)CCC4)cc3C(F)(F)F)C2=O)c1. The van der Waals surface area contributed by atoms with E-state index in [0.29, 0.717) is 5.56 Å². The van der Waals surface area contributed by atoms with Crippen molar-refractivity contribution in [1.29, 1.82) is 0 Å². The molecule has 3 aromatic rings. The average molecular weight is 552 g/mol. The number of nitrogens with zero attached hydrogens (tertiary/aromatic N) is 4. The van der Waals surface area contributed by atoms with Gasteiger partial charge in [-0.25, -0.2) is 0 Å². The molecule has 0 spiro atoms. The molecular weight excluding hydrogens is 524 g/mol. The van der Waals surface area contributed by atoms with Crippen molar-refractivity contribution in [3.63, 3.8) is 0 Å². The first kappa shape index (κ1) is 27.2. The molecule has 1 atom stereocenters. The molecule has 1 aliphatic carbocycles. The van der Waals surface area contributed by atoms with Crippen molar-refractivity contribution in [2.24, 2.45) is 7.05 Å². The highest BCUT2D eigenvalue weighted by Gasteiger charge is 2.41. The van der Waals surface area contributed by atoms with Crippen LogP contribution < -0.4 is 10.2 Å². The van der Waals surface area contributed by atoms with Crippen molar-refractivity contribution in [3.05, 3.63) is 76.4 Å². The summed E-state index contributed by atoms with van der Waals surface area (Å²) >= 11 is 0. The molecule has 0 unspecified atom stereocenters. The lowest BCUT2D eigenvalue weighted by molar-refractivity contribution is -0.138. The maximum Gasteiger partial charge on any atom is 0.416 e. The highest BCUT2D eigenvalue weighted by molar-refractivity contribution is 6.10. The number of benzene rings is 2. The van der Waals surface area contributed by atoms with E-state index in [1.165, 1.54) is 53.2 Å². The van der Waals surface area contributed by atoms with Crippen LogP contribution in [0.1, 0.15) is 77.0 Å². The van der Waals surface area contributed by atoms with Crippen molar-refractivity contribution in [2.75, 3.05) is 4.90 Å². The summed E-state index contributed by atoms with van der Waals surface area (Å²) in [6.45, 7) is 1.86. The van der Waals surface area contributed by atoms with Gasteiger partial charge in [0.2, 0.25) is 0 Å². The van der Waals surface area contributed by atoms with Crippen LogP contribution in [0.3, 0.4) is 0 Å². The van der Waals surface area contributed by atoms with E-state index in [-0.39, 0.29) is 46.8 Å². The maximum absolute atomic E-state index is 14.1. The van der Waals surface area contributed by atoms with Crippen LogP contribution in [0.2, 0.25) is 0 Å². The number of anilines is 1. The molecule has 0 bridgehead atoms. The lowest BCUT2D eigenvalue weighted by atomic mass is 9.78. The lowest BCUT2D eigenvalue weighted by Gasteiger charge is -2.39. The summed E-state index contributed by atoms with van der Waals surface area (Å²) < 4.78 is 84.1. The second-order valence-electron chi connectivity index (χ2n) is 10.6. The summed E-state index contributed by atoms with van der Waals surface area (Å²) in [6, 6.07) is 8.43. The molecule has 1 saturated carbocycles. The number of aromatic nitrogens is 3. The fraction of sp³-hybridized carbons (Fsp3) is 0.444. The minimum absolute atomic E-state index is 0.0501. The topological polar surface area (TPSA) is 63.1 Å². The number of carbonyl (C=O) groups excluding carboxylic acids is 1. The molecule has 6 nitrogen and oxygen atoms in total. The van der Waals surface area contributed by atoms with Gasteiger partial charge in [0, 0.05) is 30.4 Å². The van der Waals surface area contributed by atoms with Crippen LogP contribution in [-0.4, -0.2) is 32.4 Å². The van der Waals surface area contributed by atoms with Gasteiger partial charge in [-0.3, -0.25) is 4.79 Å². The van der Waals surface area contributed by atoms with E-state index in [1.807, 2.05) is 6.92 Å². The van der Waals surface area contributed by atoms with E-state index >= 15 is 0 Å². The molecular formula is C27H27F6N5O. The Kier molecular flexibility index (Phi) is 6.72. The van der Waals surface area contributed by atoms with Gasteiger partial charge in [-0.15, -0.1) is 10.2 Å². The summed E-state index contributed by atoms with van der Waals surface area (Å²) in [5, 5.41) is 10.8. The van der Waals surface area contributed by atoms with Crippen LogP contribution in [0.5, 0.6) is 0 Å². The van der Waals surface area contributed by atoms with Crippen LogP contribution in [0.25, 0.3) is 0 Å². The molecule has 1 N–H and O–H groups in total. The van der Waals surface area contributed by atoms with Gasteiger partial charge >= 0.3 is 12.4 Å². The highest BCUT2D eigenvalue weighted by atomic mass is 19.4. The predicted molar refractivity (Wildman–Crippen MR) is 131 cm³/mol. The molecule has 5 rings (SSSR count). The van der Waals surface area contributed by atoms with Crippen molar-refractivity contribution < 1.29 is 31.1 Å². The van der Waals surface area contributed by atoms with Gasteiger partial charge in [0.1, 0.15) is 12.2 Å². The zero-order valence-electron chi connectivity index (χ0n) is 21.3. The Hall–Kier alpha value is -3.41. The third kappa shape index (κ3) is 5.52. The van der Waals surface area contributed by atoms with Crippen molar-refractivity contribution in [3.8, 4) is 0 Å². The zero-order valence-corrected chi connectivity index (χ0v) is 21.3. The van der Waals surface area contributed by atoms with E-state index in [9.17, 15) is 31.1 Å². The lowest BCUT2D eigenvalue weighted by Crippen LogP contribution is -2.47. The molecule has 1 aliphatic heterocycles. The molecule has 1 fully saturated rings. The van der Waals surface area contributed by atoms with E-state index in [1.54, 1.807) is 0 Å². The van der Waals surface area contributed by atoms with Crippen LogP contribution in [0.15, 0.2) is 42.7 Å². The Bertz CT molecular complexity index is 1390. The molecule has 1 amide bonds. The number of hydrogen-bond acceptors (Lipinski definition) is 4. The minimum atomic E-state index is -4.68. The molecule has 1 aromatic heterocycles. The fourth-order valence-electron chi connectivity index (χ4n) is 5.34. The first-order chi connectivity index (χ1) is 18.2. The van der Waals surface area contributed by atoms with Gasteiger partial charge in [-0.2, -0.15) is 26.3 Å². The van der Waals surface area contributed by atoms with Crippen molar-refractivity contribution in [2.45, 2.75) is 69.5 Å². The number of aryl methyl sites for hydroxylation is 1. The van der Waals surface area contributed by atoms with Crippen LogP contribution in [-0.2, 0) is 26.3 Å². The number of fused-ring (bicyclic) bond motifs is 1. The Morgan fingerprint density at radius 3 is 2.44 bits per heavy atom. The van der Waals surface area contributed by atoms with Crippen LogP contribution in [0.4, 0.5) is 32.0 Å². The predicted octanol–water partition coefficient (Wildman–Crippen LogP) is 6.11. The summed E-state index contributed by atoms with van der Waals surface area (Å²) in [4.78, 5) is 14.6. The summed E-state index contributed by atoms with van der Waals surface area (Å²) in [5.41, 5.74) is -0.425. The van der Waals surface area contributed by atoms with Crippen LogP contribution in [0, 0.1) is 0 Å². The van der Waals surface area contributed by atoms with Crippen molar-refractivity contribution >= 4 is 11.6 Å². The average Bonchev–Trinajstić information content (AvgIpc) is 3.41. The fourth-order valence-corrected chi connectivity index (χ4v) is 5.34. The molecule has 0 radical (unpaired) electrons. The van der Waals surface area contributed by atoms with Gasteiger partial charge < -0.3 is 14.8 Å². The molecule has 208 valence electrons. The number of rotatable bonds is 7. The maximum atomic E-state index is 14.1. The van der Waals surface area contributed by atoms with E-state index in [4.69, 9.17) is 0 Å². The number of amides is 1. The molecule has 2 aromatic carbocycles. The molecule has 12 heteroatoms. The van der Waals surface area contributed by atoms with Gasteiger partial charge in [-0.1, -0.05) is 12.1 Å².